The van der Waals surface area contributed by atoms with Crippen molar-refractivity contribution in [3.05, 3.63) is 0 Å². The fourth-order valence-electron chi connectivity index (χ4n) is 2.07. The molecule has 1 saturated carbocycles. The van der Waals surface area contributed by atoms with E-state index in [0.717, 1.165) is 6.42 Å². The Kier molecular flexibility index (Phi) is 5.72. The molecule has 17 heavy (non-hydrogen) atoms. The first-order valence-corrected chi connectivity index (χ1v) is 5.81. The van der Waals surface area contributed by atoms with Crippen molar-refractivity contribution in [2.45, 2.75) is 58.7 Å². The maximum absolute atomic E-state index is 5.88. The summed E-state index contributed by atoms with van der Waals surface area (Å²) in [5, 5.41) is 3.18. The lowest BCUT2D eigenvalue weighted by atomic mass is 9.65. The normalized spacial score (nSPS) is 28.0. The highest BCUT2D eigenvalue weighted by Crippen LogP contribution is 2.44. The number of halogens is 1. The Hall–Kier alpha value is -0.0400. The van der Waals surface area contributed by atoms with Crippen LogP contribution in [-0.4, -0.2) is 30.8 Å². The Labute approximate surface area is 122 Å². The van der Waals surface area contributed by atoms with Gasteiger partial charge in [-0.1, -0.05) is 13.8 Å². The maximum Gasteiger partial charge on any atom is 0.189 e. The van der Waals surface area contributed by atoms with Crippen LogP contribution in [0.2, 0.25) is 0 Å². The van der Waals surface area contributed by atoms with Crippen LogP contribution in [0.25, 0.3) is 0 Å². The van der Waals surface area contributed by atoms with Gasteiger partial charge < -0.3 is 15.8 Å². The fraction of sp³-hybridized carbons (Fsp3) is 0.917. The van der Waals surface area contributed by atoms with E-state index in [9.17, 15) is 0 Å². The van der Waals surface area contributed by atoms with Gasteiger partial charge in [0.2, 0.25) is 0 Å². The Morgan fingerprint density at radius 1 is 1.41 bits per heavy atom. The Balaban J connectivity index is 0.00000256. The predicted octanol–water partition coefficient (Wildman–Crippen LogP) is 2.12. The van der Waals surface area contributed by atoms with Crippen molar-refractivity contribution in [2.75, 3.05) is 7.11 Å². The average molecular weight is 355 g/mol. The van der Waals surface area contributed by atoms with Gasteiger partial charge >= 0.3 is 0 Å². The lowest BCUT2D eigenvalue weighted by Gasteiger charge is -2.49. The van der Waals surface area contributed by atoms with Gasteiger partial charge in [0.25, 0.3) is 0 Å². The minimum Gasteiger partial charge on any atom is -0.381 e. The van der Waals surface area contributed by atoms with E-state index in [-0.39, 0.29) is 41.0 Å². The monoisotopic (exact) mass is 355 g/mol. The maximum atomic E-state index is 5.88. The molecule has 0 radical (unpaired) electrons. The molecular formula is C12H26IN3O. The van der Waals surface area contributed by atoms with Crippen LogP contribution in [0.4, 0.5) is 0 Å². The summed E-state index contributed by atoms with van der Waals surface area (Å²) in [5.41, 5.74) is 5.92. The average Bonchev–Trinajstić information content (AvgIpc) is 2.08. The summed E-state index contributed by atoms with van der Waals surface area (Å²) in [4.78, 5) is 4.52. The minimum atomic E-state index is -0.0396. The van der Waals surface area contributed by atoms with Gasteiger partial charge in [0.1, 0.15) is 0 Å². The van der Waals surface area contributed by atoms with Gasteiger partial charge in [0.15, 0.2) is 5.96 Å². The summed E-state index contributed by atoms with van der Waals surface area (Å²) < 4.78 is 5.38. The standard InChI is InChI=1S/C12H25N3O.HI/c1-11(2,3)15-10(13)14-8-7-9(16-6)12(8,4)5;/h8-9H,7H2,1-6H3,(H3,13,14,15);1H. The summed E-state index contributed by atoms with van der Waals surface area (Å²) >= 11 is 0. The lowest BCUT2D eigenvalue weighted by molar-refractivity contribution is -0.0851. The molecule has 1 fully saturated rings. The molecule has 0 aromatic rings. The van der Waals surface area contributed by atoms with Crippen LogP contribution in [-0.2, 0) is 4.74 Å². The van der Waals surface area contributed by atoms with E-state index in [2.05, 4.69) is 44.9 Å². The van der Waals surface area contributed by atoms with Crippen molar-refractivity contribution in [3.63, 3.8) is 0 Å². The van der Waals surface area contributed by atoms with Crippen molar-refractivity contribution in [3.8, 4) is 0 Å². The smallest absolute Gasteiger partial charge is 0.189 e. The summed E-state index contributed by atoms with van der Waals surface area (Å²) in [6.45, 7) is 10.5. The zero-order valence-corrected chi connectivity index (χ0v) is 14.0. The number of guanidine groups is 1. The predicted molar refractivity (Wildman–Crippen MR) is 82.9 cm³/mol. The van der Waals surface area contributed by atoms with Crippen LogP contribution in [0.1, 0.15) is 41.0 Å². The summed E-state index contributed by atoms with van der Waals surface area (Å²) in [6, 6.07) is 0.257. The van der Waals surface area contributed by atoms with Crippen molar-refractivity contribution < 1.29 is 4.74 Å². The molecule has 102 valence electrons. The number of nitrogens with two attached hydrogens (primary N) is 1. The van der Waals surface area contributed by atoms with Gasteiger partial charge in [-0.05, 0) is 27.2 Å². The first kappa shape index (κ1) is 17.0. The molecule has 1 rings (SSSR count). The van der Waals surface area contributed by atoms with Crippen LogP contribution in [0, 0.1) is 5.41 Å². The summed E-state index contributed by atoms with van der Waals surface area (Å²) in [6.07, 6.45) is 1.25. The number of ether oxygens (including phenoxy) is 1. The van der Waals surface area contributed by atoms with Crippen molar-refractivity contribution in [2.24, 2.45) is 16.1 Å². The number of rotatable bonds is 2. The molecule has 3 N–H and O–H groups in total. The molecule has 0 bridgehead atoms. The van der Waals surface area contributed by atoms with Gasteiger partial charge in [0, 0.05) is 18.1 Å². The van der Waals surface area contributed by atoms with Crippen LogP contribution < -0.4 is 11.1 Å². The molecule has 0 aliphatic heterocycles. The van der Waals surface area contributed by atoms with Gasteiger partial charge in [-0.3, -0.25) is 0 Å². The first-order valence-electron chi connectivity index (χ1n) is 5.81. The van der Waals surface area contributed by atoms with E-state index in [1.54, 1.807) is 7.11 Å². The highest BCUT2D eigenvalue weighted by molar-refractivity contribution is 14.0. The Bertz CT molecular complexity index is 284. The molecular weight excluding hydrogens is 329 g/mol. The van der Waals surface area contributed by atoms with Crippen LogP contribution >= 0.6 is 24.0 Å². The van der Waals surface area contributed by atoms with Crippen LogP contribution in [0.5, 0.6) is 0 Å². The second-order valence-electron chi connectivity index (χ2n) is 6.19. The quantitative estimate of drug-likeness (QED) is 0.453. The van der Waals surface area contributed by atoms with E-state index < -0.39 is 0 Å². The molecule has 2 atom stereocenters. The molecule has 0 amide bonds. The Morgan fingerprint density at radius 3 is 2.29 bits per heavy atom. The fourth-order valence-corrected chi connectivity index (χ4v) is 2.07. The second-order valence-corrected chi connectivity index (χ2v) is 6.19. The van der Waals surface area contributed by atoms with Gasteiger partial charge in [0.05, 0.1) is 12.1 Å². The van der Waals surface area contributed by atoms with Crippen molar-refractivity contribution in [1.29, 1.82) is 0 Å². The van der Waals surface area contributed by atoms with Crippen LogP contribution in [0.3, 0.4) is 0 Å². The number of aliphatic imine (C=N–C) groups is 1. The molecule has 0 aromatic carbocycles. The van der Waals surface area contributed by atoms with E-state index in [1.807, 2.05) is 0 Å². The lowest BCUT2D eigenvalue weighted by Crippen LogP contribution is -2.55. The first-order chi connectivity index (χ1) is 7.16. The third-order valence-corrected chi connectivity index (χ3v) is 3.21. The van der Waals surface area contributed by atoms with E-state index in [0.29, 0.717) is 12.1 Å². The van der Waals surface area contributed by atoms with Gasteiger partial charge in [-0.15, -0.1) is 24.0 Å². The topological polar surface area (TPSA) is 59.6 Å². The SMILES string of the molecule is COC1CC(N=C(N)NC(C)(C)C)C1(C)C.I. The zero-order valence-electron chi connectivity index (χ0n) is 11.7. The molecule has 0 spiro atoms. The third kappa shape index (κ3) is 4.28. The summed E-state index contributed by atoms with van der Waals surface area (Å²) in [5.74, 6) is 0.528. The highest BCUT2D eigenvalue weighted by Gasteiger charge is 2.48. The number of hydrogen-bond acceptors (Lipinski definition) is 2. The van der Waals surface area contributed by atoms with Crippen molar-refractivity contribution >= 4 is 29.9 Å². The third-order valence-electron chi connectivity index (χ3n) is 3.21. The number of methoxy groups -OCH3 is 1. The Morgan fingerprint density at radius 2 is 1.94 bits per heavy atom. The van der Waals surface area contributed by atoms with E-state index in [4.69, 9.17) is 10.5 Å². The number of hydrogen-bond donors (Lipinski definition) is 2. The second kappa shape index (κ2) is 5.73. The minimum absolute atomic E-state index is 0. The van der Waals surface area contributed by atoms with Crippen molar-refractivity contribution in [1.82, 2.24) is 5.32 Å². The molecule has 0 aromatic heterocycles. The molecule has 0 heterocycles. The molecule has 1 aliphatic rings. The van der Waals surface area contributed by atoms with E-state index >= 15 is 0 Å². The number of nitrogens with one attached hydrogen (secondary N) is 1. The zero-order chi connectivity index (χ0) is 12.6. The largest absolute Gasteiger partial charge is 0.381 e. The summed E-state index contributed by atoms with van der Waals surface area (Å²) in [7, 11) is 1.75. The van der Waals surface area contributed by atoms with Gasteiger partial charge in [-0.25, -0.2) is 4.99 Å². The van der Waals surface area contributed by atoms with Gasteiger partial charge in [-0.2, -0.15) is 0 Å². The van der Waals surface area contributed by atoms with E-state index in [1.165, 1.54) is 0 Å². The molecule has 0 saturated heterocycles. The molecule has 2 unspecified atom stereocenters. The molecule has 4 nitrogen and oxygen atoms in total. The highest BCUT2D eigenvalue weighted by atomic mass is 127. The molecule has 1 aliphatic carbocycles. The number of nitrogens with zero attached hydrogens (tertiary/aromatic N) is 1. The van der Waals surface area contributed by atoms with Crippen LogP contribution in [0.15, 0.2) is 4.99 Å². The molecule has 5 heteroatoms.